The maximum Gasteiger partial charge on any atom is 0.222 e. The van der Waals surface area contributed by atoms with Gasteiger partial charge in [0.25, 0.3) is 0 Å². The fourth-order valence-electron chi connectivity index (χ4n) is 9.80. The topological polar surface area (TPSA) is 440 Å². The van der Waals surface area contributed by atoms with E-state index in [2.05, 4.69) is 31.9 Å². The molecule has 6 amide bonds. The molecule has 3 saturated heterocycles. The lowest BCUT2D eigenvalue weighted by Gasteiger charge is -2.40. The first-order chi connectivity index (χ1) is 41.1. The molecule has 0 spiro atoms. The molecule has 15 N–H and O–H groups in total. The van der Waals surface area contributed by atoms with Crippen LogP contribution in [0, 0.1) is 29.1 Å². The lowest BCUT2D eigenvalue weighted by Crippen LogP contribution is -2.55. The second kappa shape index (κ2) is 42.2. The Labute approximate surface area is 503 Å². The third-order valence-electron chi connectivity index (χ3n) is 14.8. The van der Waals surface area contributed by atoms with Gasteiger partial charge >= 0.3 is 0 Å². The SMILES string of the molecule is CC(C)CC(COCCC(=O)NCCNC(=O)CCCO[C@@H]1OC(CO)[C@H](O)[C@H](O)C1C)(COCCC(=O)NCCNC(=O)CCCO[C@@H]1OC(CO)[C@H](O)[C@H](O)C1C)COCCC(=O)NCCNC(=O)CCCO[C@@H]1OC(CO)[C@H](O)[C@H](O)C1C. The van der Waals surface area contributed by atoms with Crippen LogP contribution in [0.5, 0.6) is 0 Å². The van der Waals surface area contributed by atoms with E-state index in [0.717, 1.165) is 0 Å². The van der Waals surface area contributed by atoms with Crippen molar-refractivity contribution in [2.75, 3.05) is 119 Å². The van der Waals surface area contributed by atoms with E-state index in [9.17, 15) is 74.7 Å². The van der Waals surface area contributed by atoms with Gasteiger partial charge in [-0.15, -0.1) is 0 Å². The van der Waals surface area contributed by atoms with E-state index in [1.807, 2.05) is 13.8 Å². The number of aliphatic hydroxyl groups excluding tert-OH is 9. The monoisotopic (exact) mass is 1240 g/mol. The number of ether oxygens (including phenoxy) is 9. The molecule has 3 heterocycles. The van der Waals surface area contributed by atoms with Crippen molar-refractivity contribution in [2.24, 2.45) is 29.1 Å². The van der Waals surface area contributed by atoms with E-state index >= 15 is 0 Å². The standard InChI is InChI=1S/C56H102N6O24/c1-34(2)27-56(31-78-24-12-44(69)60-18-15-57-41(66)9-6-21-81-53-35(3)47(72)50(75)38(28-63)84-53,32-79-25-13-45(70)61-19-16-58-42(67)10-7-22-82-54-36(4)48(73)51(76)39(29-64)85-54)33-80-26-14-46(71)62-20-17-59-43(68)11-8-23-83-55-37(5)49(74)52(77)40(30-65)86-55/h34-40,47-55,63-65,72-77H,6-33H2,1-5H3,(H,57,66)(H,58,67)(H,59,68)(H,60,69)(H,61,70)(H,62,71)/t35?,36?,37?,38?,39?,40?,47-,48-,49-,50+,51+,52+,53-,54-,55-,56?/m1/s1. The van der Waals surface area contributed by atoms with Crippen LogP contribution >= 0.6 is 0 Å². The third-order valence-corrected chi connectivity index (χ3v) is 14.8. The summed E-state index contributed by atoms with van der Waals surface area (Å²) in [5, 5.41) is 105. The van der Waals surface area contributed by atoms with Crippen LogP contribution in [0.15, 0.2) is 0 Å². The fourth-order valence-corrected chi connectivity index (χ4v) is 9.80. The van der Waals surface area contributed by atoms with Crippen LogP contribution in [0.2, 0.25) is 0 Å². The molecule has 15 atom stereocenters. The van der Waals surface area contributed by atoms with Crippen molar-refractivity contribution < 1.29 is 117 Å². The molecule has 3 fully saturated rings. The molecule has 500 valence electrons. The Bertz CT molecular complexity index is 1740. The molecule has 0 bridgehead atoms. The maximum atomic E-state index is 12.8. The summed E-state index contributed by atoms with van der Waals surface area (Å²) < 4.78 is 51.8. The number of nitrogens with one attached hydrogen (secondary N) is 6. The Kier molecular flexibility index (Phi) is 37.4. The second-order valence-corrected chi connectivity index (χ2v) is 22.7. The minimum atomic E-state index is -1.24. The van der Waals surface area contributed by atoms with Crippen molar-refractivity contribution in [3.8, 4) is 0 Å². The van der Waals surface area contributed by atoms with Crippen molar-refractivity contribution in [1.29, 1.82) is 0 Å². The molecule has 0 aromatic heterocycles. The molecule has 30 heteroatoms. The van der Waals surface area contributed by atoms with Crippen LogP contribution in [0.1, 0.15) is 98.8 Å². The summed E-state index contributed by atoms with van der Waals surface area (Å²) >= 11 is 0. The highest BCUT2D eigenvalue weighted by Gasteiger charge is 2.45. The molecule has 0 saturated carbocycles. The van der Waals surface area contributed by atoms with Gasteiger partial charge in [-0.25, -0.2) is 0 Å². The zero-order chi connectivity index (χ0) is 63.6. The molecule has 3 aliphatic heterocycles. The average molecular weight is 1240 g/mol. The van der Waals surface area contributed by atoms with Gasteiger partial charge in [-0.2, -0.15) is 0 Å². The summed E-state index contributed by atoms with van der Waals surface area (Å²) in [4.78, 5) is 75.5. The lowest BCUT2D eigenvalue weighted by atomic mass is 9.82. The third kappa shape index (κ3) is 28.3. The van der Waals surface area contributed by atoms with Gasteiger partial charge in [-0.1, -0.05) is 34.6 Å². The molecule has 86 heavy (non-hydrogen) atoms. The predicted octanol–water partition coefficient (Wildman–Crippen LogP) is -4.45. The number of hydrogen-bond acceptors (Lipinski definition) is 24. The van der Waals surface area contributed by atoms with E-state index in [1.165, 1.54) is 0 Å². The van der Waals surface area contributed by atoms with Gasteiger partial charge < -0.3 is 120 Å². The van der Waals surface area contributed by atoms with Crippen molar-refractivity contribution in [2.45, 2.75) is 173 Å². The molecule has 0 aliphatic carbocycles. The van der Waals surface area contributed by atoms with Gasteiger partial charge in [0.15, 0.2) is 18.9 Å². The van der Waals surface area contributed by atoms with Crippen LogP contribution in [-0.4, -0.2) is 274 Å². The van der Waals surface area contributed by atoms with Gasteiger partial charge in [0.05, 0.1) is 97.6 Å². The highest BCUT2D eigenvalue weighted by molar-refractivity contribution is 5.78. The smallest absolute Gasteiger partial charge is 0.222 e. The molecular weight excluding hydrogens is 1140 g/mol. The predicted molar refractivity (Wildman–Crippen MR) is 303 cm³/mol. The van der Waals surface area contributed by atoms with Gasteiger partial charge in [0, 0.05) is 101 Å². The summed E-state index contributed by atoms with van der Waals surface area (Å²) in [6.45, 7) is 9.23. The van der Waals surface area contributed by atoms with Gasteiger partial charge in [0.2, 0.25) is 35.4 Å². The molecular formula is C56H102N6O24. The van der Waals surface area contributed by atoms with Crippen LogP contribution in [0.4, 0.5) is 0 Å². The number of carbonyl (C=O) groups excluding carboxylic acids is 6. The summed E-state index contributed by atoms with van der Waals surface area (Å²) in [6, 6.07) is 0. The minimum absolute atomic E-state index is 0.000878. The Morgan fingerprint density at radius 3 is 0.872 bits per heavy atom. The van der Waals surface area contributed by atoms with Crippen molar-refractivity contribution in [1.82, 2.24) is 31.9 Å². The van der Waals surface area contributed by atoms with Crippen molar-refractivity contribution in [3.05, 3.63) is 0 Å². The summed E-state index contributed by atoms with van der Waals surface area (Å²) in [7, 11) is 0. The Morgan fingerprint density at radius 2 is 0.640 bits per heavy atom. The number of hydrogen-bond donors (Lipinski definition) is 15. The van der Waals surface area contributed by atoms with Gasteiger partial charge in [0.1, 0.15) is 36.6 Å². The number of carbonyl (C=O) groups is 6. The summed E-state index contributed by atoms with van der Waals surface area (Å²) in [5.41, 5.74) is -0.772. The molecule has 0 aromatic carbocycles. The van der Waals surface area contributed by atoms with Crippen LogP contribution < -0.4 is 31.9 Å². The van der Waals surface area contributed by atoms with E-state index in [0.29, 0.717) is 25.7 Å². The van der Waals surface area contributed by atoms with E-state index in [1.54, 1.807) is 20.8 Å². The molecule has 3 aliphatic rings. The highest BCUT2D eigenvalue weighted by Crippen LogP contribution is 2.31. The highest BCUT2D eigenvalue weighted by atomic mass is 16.7. The molecule has 30 nitrogen and oxygen atoms in total. The first-order valence-corrected chi connectivity index (χ1v) is 30.1. The Hall–Kier alpha value is -3.90. The van der Waals surface area contributed by atoms with E-state index in [4.69, 9.17) is 42.6 Å². The first kappa shape index (κ1) is 76.3. The first-order valence-electron chi connectivity index (χ1n) is 30.1. The molecule has 0 aromatic rings. The number of amides is 6. The molecule has 6 unspecified atom stereocenters. The van der Waals surface area contributed by atoms with Crippen LogP contribution in [-0.2, 0) is 71.4 Å². The Morgan fingerprint density at radius 1 is 0.395 bits per heavy atom. The van der Waals surface area contributed by atoms with Crippen LogP contribution in [0.25, 0.3) is 0 Å². The maximum absolute atomic E-state index is 12.8. The molecule has 3 rings (SSSR count). The van der Waals surface area contributed by atoms with E-state index < -0.39 is 117 Å². The average Bonchev–Trinajstić information content (AvgIpc) is 2.16. The summed E-state index contributed by atoms with van der Waals surface area (Å²) in [5.74, 6) is -3.32. The van der Waals surface area contributed by atoms with E-state index in [-0.39, 0.29) is 179 Å². The van der Waals surface area contributed by atoms with Crippen LogP contribution in [0.3, 0.4) is 0 Å². The van der Waals surface area contributed by atoms with Gasteiger partial charge in [-0.3, -0.25) is 28.8 Å². The fraction of sp³-hybridized carbons (Fsp3) is 0.893. The Balaban J connectivity index is 1.40. The largest absolute Gasteiger partial charge is 0.394 e. The number of rotatable bonds is 44. The minimum Gasteiger partial charge on any atom is -0.394 e. The second-order valence-electron chi connectivity index (χ2n) is 22.7. The summed E-state index contributed by atoms with van der Waals surface area (Å²) in [6.07, 6.45) is -10.8. The zero-order valence-electron chi connectivity index (χ0n) is 50.7. The van der Waals surface area contributed by atoms with Gasteiger partial charge in [-0.05, 0) is 31.6 Å². The zero-order valence-corrected chi connectivity index (χ0v) is 50.7. The lowest BCUT2D eigenvalue weighted by molar-refractivity contribution is -0.282. The number of aliphatic hydroxyl groups is 9. The normalized spacial score (nSPS) is 28.3. The molecule has 0 radical (unpaired) electrons. The van der Waals surface area contributed by atoms with Crippen molar-refractivity contribution >= 4 is 35.4 Å². The van der Waals surface area contributed by atoms with Crippen molar-refractivity contribution in [3.63, 3.8) is 0 Å². The quantitative estimate of drug-likeness (QED) is 0.0256.